The molecule has 1 heteroatoms. The van der Waals surface area contributed by atoms with E-state index in [1.54, 1.807) is 0 Å². The molecule has 0 spiro atoms. The Labute approximate surface area is 279 Å². The number of hydrogen-bond acceptors (Lipinski definition) is 1. The van der Waals surface area contributed by atoms with Crippen molar-refractivity contribution in [3.63, 3.8) is 0 Å². The van der Waals surface area contributed by atoms with Crippen molar-refractivity contribution in [3.05, 3.63) is 157 Å². The first kappa shape index (κ1) is 25.9. The maximum Gasteiger partial charge on any atom is 0.0495 e. The van der Waals surface area contributed by atoms with Gasteiger partial charge in [0, 0.05) is 17.8 Å². The zero-order chi connectivity index (χ0) is 31.3. The molecule has 222 valence electrons. The average Bonchev–Trinajstić information content (AvgIpc) is 3.66. The summed E-state index contributed by atoms with van der Waals surface area (Å²) in [6.45, 7) is 0.835. The van der Waals surface area contributed by atoms with Crippen molar-refractivity contribution in [2.45, 2.75) is 0 Å². The van der Waals surface area contributed by atoms with E-state index < -0.39 is 0 Å². The Kier molecular flexibility index (Phi) is 5.23. The molecule has 0 saturated heterocycles. The number of anilines is 1. The lowest BCUT2D eigenvalue weighted by atomic mass is 9.87. The molecule has 2 aliphatic carbocycles. The van der Waals surface area contributed by atoms with Crippen LogP contribution in [-0.4, -0.2) is 6.54 Å². The molecule has 3 aliphatic rings. The van der Waals surface area contributed by atoms with Crippen LogP contribution in [-0.2, 0) is 0 Å². The molecule has 0 unspecified atom stereocenters. The number of fused-ring (bicyclic) bond motifs is 7. The standard InChI is InChI=1S/C47H29N/c1-3-13-37-35(11-1)41-18-6-16-39-32(20-22-43(37)45(39)41)29-25-30(27-31(26-29)34-15-5-9-28-10-8-24-48-47(28)34)33-21-23-44-38-14-4-2-12-36(38)42-19-7-17-40(33)46(42)44/h1-23,25-27,48H,24H2. The Morgan fingerprint density at radius 2 is 0.771 bits per heavy atom. The van der Waals surface area contributed by atoms with Crippen molar-refractivity contribution < 1.29 is 0 Å². The third-order valence-corrected chi connectivity index (χ3v) is 10.8. The van der Waals surface area contributed by atoms with Crippen LogP contribution in [0.15, 0.2) is 152 Å². The normalized spacial score (nSPS) is 13.0. The van der Waals surface area contributed by atoms with Gasteiger partial charge in [0.25, 0.3) is 0 Å². The number of nitrogens with one attached hydrogen (secondary N) is 1. The first-order valence-corrected chi connectivity index (χ1v) is 16.8. The van der Waals surface area contributed by atoms with E-state index in [0.717, 1.165) is 6.54 Å². The molecular formula is C47H29N. The van der Waals surface area contributed by atoms with Crippen molar-refractivity contribution in [2.24, 2.45) is 0 Å². The van der Waals surface area contributed by atoms with Crippen LogP contribution in [0.25, 0.3) is 106 Å². The minimum absolute atomic E-state index is 0.835. The van der Waals surface area contributed by atoms with Gasteiger partial charge in [0.2, 0.25) is 0 Å². The Bertz CT molecular complexity index is 2510. The third kappa shape index (κ3) is 3.51. The Morgan fingerprint density at radius 3 is 1.31 bits per heavy atom. The largest absolute Gasteiger partial charge is 0.381 e. The lowest BCUT2D eigenvalue weighted by Gasteiger charge is -2.20. The van der Waals surface area contributed by atoms with E-state index in [-0.39, 0.29) is 0 Å². The number of hydrogen-bond donors (Lipinski definition) is 1. The van der Waals surface area contributed by atoms with Crippen LogP contribution >= 0.6 is 0 Å². The third-order valence-electron chi connectivity index (χ3n) is 10.8. The number of para-hydroxylation sites is 1. The predicted molar refractivity (Wildman–Crippen MR) is 204 cm³/mol. The predicted octanol–water partition coefficient (Wildman–Crippen LogP) is 12.7. The van der Waals surface area contributed by atoms with Crippen LogP contribution in [0.3, 0.4) is 0 Å². The molecule has 8 aromatic carbocycles. The van der Waals surface area contributed by atoms with Gasteiger partial charge in [-0.05, 0) is 118 Å². The highest BCUT2D eigenvalue weighted by Crippen LogP contribution is 2.52. The monoisotopic (exact) mass is 607 g/mol. The van der Waals surface area contributed by atoms with E-state index in [4.69, 9.17) is 0 Å². The lowest BCUT2D eigenvalue weighted by Crippen LogP contribution is -2.05. The summed E-state index contributed by atoms with van der Waals surface area (Å²) < 4.78 is 0. The second-order valence-corrected chi connectivity index (χ2v) is 13.2. The van der Waals surface area contributed by atoms with Gasteiger partial charge in [-0.1, -0.05) is 140 Å². The average molecular weight is 608 g/mol. The maximum atomic E-state index is 3.69. The second kappa shape index (κ2) is 9.67. The molecule has 1 aliphatic heterocycles. The quantitative estimate of drug-likeness (QED) is 0.211. The molecule has 0 atom stereocenters. The van der Waals surface area contributed by atoms with E-state index >= 15 is 0 Å². The summed E-state index contributed by atoms with van der Waals surface area (Å²) in [5.74, 6) is 0. The van der Waals surface area contributed by atoms with E-state index in [1.807, 2.05) is 0 Å². The summed E-state index contributed by atoms with van der Waals surface area (Å²) in [6.07, 6.45) is 4.44. The van der Waals surface area contributed by atoms with Gasteiger partial charge in [-0.15, -0.1) is 0 Å². The van der Waals surface area contributed by atoms with Gasteiger partial charge in [0.05, 0.1) is 0 Å². The molecule has 0 bridgehead atoms. The molecule has 0 radical (unpaired) electrons. The summed E-state index contributed by atoms with van der Waals surface area (Å²) >= 11 is 0. The van der Waals surface area contributed by atoms with Crippen molar-refractivity contribution in [1.82, 2.24) is 0 Å². The van der Waals surface area contributed by atoms with Crippen molar-refractivity contribution in [1.29, 1.82) is 0 Å². The van der Waals surface area contributed by atoms with Crippen molar-refractivity contribution >= 4 is 33.3 Å². The van der Waals surface area contributed by atoms with Crippen LogP contribution in [0.4, 0.5) is 5.69 Å². The van der Waals surface area contributed by atoms with E-state index in [2.05, 4.69) is 163 Å². The van der Waals surface area contributed by atoms with E-state index in [9.17, 15) is 0 Å². The van der Waals surface area contributed by atoms with Gasteiger partial charge in [-0.3, -0.25) is 0 Å². The fourth-order valence-corrected chi connectivity index (χ4v) is 8.71. The summed E-state index contributed by atoms with van der Waals surface area (Å²) in [5, 5.41) is 9.00. The summed E-state index contributed by atoms with van der Waals surface area (Å²) in [7, 11) is 0. The zero-order valence-electron chi connectivity index (χ0n) is 26.2. The van der Waals surface area contributed by atoms with Crippen LogP contribution in [0.2, 0.25) is 0 Å². The van der Waals surface area contributed by atoms with Crippen LogP contribution in [0, 0.1) is 0 Å². The summed E-state index contributed by atoms with van der Waals surface area (Å²) in [5.41, 5.74) is 20.5. The topological polar surface area (TPSA) is 12.0 Å². The highest BCUT2D eigenvalue weighted by atomic mass is 14.9. The first-order chi connectivity index (χ1) is 23.8. The number of rotatable bonds is 3. The lowest BCUT2D eigenvalue weighted by molar-refractivity contribution is 1.31. The number of benzene rings is 8. The summed E-state index contributed by atoms with van der Waals surface area (Å²) in [6, 6.07) is 54.5. The molecule has 1 nitrogen and oxygen atoms in total. The molecule has 1 N–H and O–H groups in total. The molecule has 11 rings (SSSR count). The molecule has 8 aromatic rings. The van der Waals surface area contributed by atoms with Gasteiger partial charge in [0.15, 0.2) is 0 Å². The molecular weight excluding hydrogens is 579 g/mol. The molecule has 0 fully saturated rings. The zero-order valence-corrected chi connectivity index (χ0v) is 26.2. The SMILES string of the molecule is C1=Cc2cccc(-c3cc(-c4ccc5c6c(cccc46)-c4ccccc4-5)cc(-c4ccc5c6c(cccc46)-c4ccccc4-5)c3)c2NC1. The second-order valence-electron chi connectivity index (χ2n) is 13.2. The first-order valence-electron chi connectivity index (χ1n) is 16.8. The minimum atomic E-state index is 0.835. The Hall–Kier alpha value is -6.18. The molecule has 0 saturated carbocycles. The highest BCUT2D eigenvalue weighted by molar-refractivity contribution is 6.20. The minimum Gasteiger partial charge on any atom is -0.381 e. The van der Waals surface area contributed by atoms with Crippen LogP contribution in [0.1, 0.15) is 5.56 Å². The van der Waals surface area contributed by atoms with Gasteiger partial charge in [-0.25, -0.2) is 0 Å². The van der Waals surface area contributed by atoms with Gasteiger partial charge in [0.1, 0.15) is 0 Å². The van der Waals surface area contributed by atoms with E-state index in [0.29, 0.717) is 0 Å². The molecule has 0 aromatic heterocycles. The molecule has 48 heavy (non-hydrogen) atoms. The van der Waals surface area contributed by atoms with Crippen LogP contribution < -0.4 is 5.32 Å². The van der Waals surface area contributed by atoms with Gasteiger partial charge >= 0.3 is 0 Å². The fourth-order valence-electron chi connectivity index (χ4n) is 8.71. The van der Waals surface area contributed by atoms with Crippen molar-refractivity contribution in [2.75, 3.05) is 11.9 Å². The summed E-state index contributed by atoms with van der Waals surface area (Å²) in [4.78, 5) is 0. The fraction of sp³-hybridized carbons (Fsp3) is 0.0213. The molecule has 0 amide bonds. The Morgan fingerprint density at radius 1 is 0.354 bits per heavy atom. The van der Waals surface area contributed by atoms with Gasteiger partial charge < -0.3 is 5.32 Å². The Balaban J connectivity index is 1.19. The van der Waals surface area contributed by atoms with Crippen molar-refractivity contribution in [3.8, 4) is 77.9 Å². The maximum absolute atomic E-state index is 3.69. The van der Waals surface area contributed by atoms with E-state index in [1.165, 1.54) is 111 Å². The molecule has 1 heterocycles. The van der Waals surface area contributed by atoms with Gasteiger partial charge in [-0.2, -0.15) is 0 Å². The smallest absolute Gasteiger partial charge is 0.0495 e. The highest BCUT2D eigenvalue weighted by Gasteiger charge is 2.25. The van der Waals surface area contributed by atoms with Crippen LogP contribution in [0.5, 0.6) is 0 Å².